The Hall–Kier alpha value is -14.6. The third-order valence-corrected chi connectivity index (χ3v) is 46.7. The van der Waals surface area contributed by atoms with E-state index in [4.69, 9.17) is 19.9 Å². The molecule has 0 bridgehead atoms. The van der Waals surface area contributed by atoms with Crippen molar-refractivity contribution in [3.05, 3.63) is 442 Å². The summed E-state index contributed by atoms with van der Waals surface area (Å²) in [5.74, 6) is 1.44. The third kappa shape index (κ3) is 10.5. The van der Waals surface area contributed by atoms with Crippen LogP contribution in [0.2, 0.25) is 0 Å². The number of aromatic nitrogens is 7. The predicted molar refractivity (Wildman–Crippen MR) is 512 cm³/mol. The molecule has 0 saturated carbocycles. The SMILES string of the molecule is CC1(C)c2ccccc2-c2ccc3c(c21)c1ccccc1n3-c1ccccc1-c1nc(-c2ccccc2)[c]2c(n1)-c1cccc[c]1[Ge]2([c]1ccccc1)[c]1ccccc1.c1ccc(-c2nc(-c3ccccc3-n3c4ccccc4c4c3ccc3c5ccccc5n(-c5ccccc5)c34)nc3[c]2[Ge]([c]2ccccc2)([c]2ccccc2)[c]2ccccc2-3)cc1. The van der Waals surface area contributed by atoms with Crippen LogP contribution in [0.1, 0.15) is 25.0 Å². The summed E-state index contributed by atoms with van der Waals surface area (Å²) in [7, 11) is 0. The average Bonchev–Trinajstić information content (AvgIpc) is 1.53. The van der Waals surface area contributed by atoms with Crippen LogP contribution in [-0.4, -0.2) is 60.2 Å². The molecule has 0 saturated heterocycles. The van der Waals surface area contributed by atoms with Crippen LogP contribution in [0, 0.1) is 0 Å². The molecule has 22 aromatic rings. The van der Waals surface area contributed by atoms with Gasteiger partial charge >= 0.3 is 639 Å². The van der Waals surface area contributed by atoms with Gasteiger partial charge in [-0.25, -0.2) is 0 Å². The van der Waals surface area contributed by atoms with Gasteiger partial charge in [0.15, 0.2) is 0 Å². The fraction of sp³-hybridized carbons (Fsp3) is 0.0265. The number of benzene rings is 17. The van der Waals surface area contributed by atoms with Crippen molar-refractivity contribution in [3.63, 3.8) is 0 Å². The molecule has 572 valence electrons. The van der Waals surface area contributed by atoms with E-state index in [1.165, 1.54) is 123 Å². The van der Waals surface area contributed by atoms with E-state index < -0.39 is 26.5 Å². The zero-order valence-corrected chi connectivity index (χ0v) is 71.3. The van der Waals surface area contributed by atoms with Gasteiger partial charge < -0.3 is 0 Å². The van der Waals surface area contributed by atoms with Crippen molar-refractivity contribution in [2.24, 2.45) is 0 Å². The van der Waals surface area contributed by atoms with Gasteiger partial charge in [0.1, 0.15) is 0 Å². The summed E-state index contributed by atoms with van der Waals surface area (Å²) in [4.78, 5) is 23.1. The molecule has 7 heterocycles. The number of nitrogens with zero attached hydrogens (tertiary/aromatic N) is 7. The molecule has 3 aliphatic rings. The minimum absolute atomic E-state index is 0.157. The summed E-state index contributed by atoms with van der Waals surface area (Å²) < 4.78 is 18.2. The van der Waals surface area contributed by atoms with E-state index in [9.17, 15) is 0 Å². The van der Waals surface area contributed by atoms with Gasteiger partial charge in [-0.15, -0.1) is 0 Å². The maximum atomic E-state index is 5.80. The zero-order chi connectivity index (χ0) is 80.8. The Kier molecular flexibility index (Phi) is 16.6. The Bertz CT molecular complexity index is 7880. The van der Waals surface area contributed by atoms with Crippen LogP contribution in [0.3, 0.4) is 0 Å². The van der Waals surface area contributed by atoms with Crippen molar-refractivity contribution in [2.45, 2.75) is 19.3 Å². The number of fused-ring (bicyclic) bond motifs is 20. The van der Waals surface area contributed by atoms with E-state index in [1.54, 1.807) is 0 Å². The molecule has 17 aromatic carbocycles. The molecule has 25 rings (SSSR count). The molecule has 7 nitrogen and oxygen atoms in total. The van der Waals surface area contributed by atoms with Gasteiger partial charge in [-0.05, 0) is 18.2 Å². The van der Waals surface area contributed by atoms with Crippen molar-refractivity contribution < 1.29 is 0 Å². The van der Waals surface area contributed by atoms with E-state index in [0.29, 0.717) is 5.82 Å². The minimum atomic E-state index is -3.71. The fourth-order valence-electron chi connectivity index (χ4n) is 21.4. The van der Waals surface area contributed by atoms with E-state index in [-0.39, 0.29) is 5.41 Å². The van der Waals surface area contributed by atoms with Crippen molar-refractivity contribution in [3.8, 4) is 96.0 Å². The van der Waals surface area contributed by atoms with Crippen LogP contribution in [0.15, 0.2) is 431 Å². The predicted octanol–water partition coefficient (Wildman–Crippen LogP) is 21.9. The topological polar surface area (TPSA) is 66.3 Å². The monoisotopic (exact) mass is 1680 g/mol. The molecule has 0 unspecified atom stereocenters. The summed E-state index contributed by atoms with van der Waals surface area (Å²) in [6, 6.07) is 157. The summed E-state index contributed by atoms with van der Waals surface area (Å²) in [5, 5.41) is 7.46. The molecular formula is C113H77Ge2N7. The fourth-order valence-corrected chi connectivity index (χ4v) is 43.4. The van der Waals surface area contributed by atoms with E-state index in [1.807, 2.05) is 0 Å². The van der Waals surface area contributed by atoms with Crippen molar-refractivity contribution in [1.82, 2.24) is 33.6 Å². The van der Waals surface area contributed by atoms with Gasteiger partial charge in [0.05, 0.1) is 0 Å². The number of para-hydroxylation sites is 6. The van der Waals surface area contributed by atoms with Gasteiger partial charge in [-0.1, -0.05) is 60.7 Å². The van der Waals surface area contributed by atoms with E-state index in [2.05, 4.69) is 458 Å². The molecule has 0 amide bonds. The van der Waals surface area contributed by atoms with Crippen molar-refractivity contribution in [1.29, 1.82) is 0 Å². The van der Waals surface area contributed by atoms with Crippen LogP contribution in [0.4, 0.5) is 0 Å². The number of hydrogen-bond acceptors (Lipinski definition) is 4. The van der Waals surface area contributed by atoms with Gasteiger partial charge in [-0.2, -0.15) is 0 Å². The molecule has 0 fully saturated rings. The first-order chi connectivity index (χ1) is 60.4. The molecular weight excluding hydrogens is 1600 g/mol. The van der Waals surface area contributed by atoms with Crippen LogP contribution < -0.4 is 35.2 Å². The van der Waals surface area contributed by atoms with Gasteiger partial charge in [0, 0.05) is 0 Å². The molecule has 1 aliphatic carbocycles. The van der Waals surface area contributed by atoms with E-state index >= 15 is 0 Å². The van der Waals surface area contributed by atoms with E-state index in [0.717, 1.165) is 78.9 Å². The number of hydrogen-bond donors (Lipinski definition) is 0. The average molecular weight is 1680 g/mol. The summed E-state index contributed by atoms with van der Waals surface area (Å²) in [6.45, 7) is 4.77. The van der Waals surface area contributed by atoms with Crippen LogP contribution in [0.5, 0.6) is 0 Å². The van der Waals surface area contributed by atoms with Crippen LogP contribution >= 0.6 is 0 Å². The number of rotatable bonds is 11. The summed E-state index contributed by atoms with van der Waals surface area (Å²) >= 11 is -7.40. The molecule has 0 radical (unpaired) electrons. The second-order valence-electron chi connectivity index (χ2n) is 32.9. The zero-order valence-electron chi connectivity index (χ0n) is 67.1. The Morgan fingerprint density at radius 2 is 0.582 bits per heavy atom. The quantitative estimate of drug-likeness (QED) is 0.121. The summed E-state index contributed by atoms with van der Waals surface area (Å²) in [6.07, 6.45) is 0. The first kappa shape index (κ1) is 71.5. The summed E-state index contributed by atoms with van der Waals surface area (Å²) in [5.41, 5.74) is 26.2. The Labute approximate surface area is 712 Å². The second-order valence-corrected chi connectivity index (χ2v) is 48.4. The Morgan fingerprint density at radius 1 is 0.238 bits per heavy atom. The molecule has 0 spiro atoms. The first-order valence-corrected chi connectivity index (χ1v) is 50.5. The van der Waals surface area contributed by atoms with Gasteiger partial charge in [0.25, 0.3) is 0 Å². The van der Waals surface area contributed by atoms with Crippen molar-refractivity contribution in [2.75, 3.05) is 0 Å². The molecule has 2 aliphatic heterocycles. The maximum absolute atomic E-state index is 5.80. The Morgan fingerprint density at radius 3 is 1.06 bits per heavy atom. The standard InChI is InChI=1S/C58H38GeN4.C55H39GeN3/c1-5-21-39(22-6-1)55-54-56(45-30-13-17-33-48(45)59(54,40-23-7-2-8-24-40)41-25-9-3-10-26-41)61-58(60-55)47-32-16-20-36-51(47)63-50-35-19-15-31-46(50)53-52(63)38-37-44-43-29-14-18-34-49(43)62(57(44)53)42-27-11-4-12-28-42;1-55(2)44-30-16-12-26-39(44)40-34-35-48-49(50(40)55)42-28-14-18-32-46(42)59(48)47-33-19-15-29-43(47)54-57-52(36-20-6-3-7-21-36)51-53(58-54)41-27-13-17-31-45(41)56(51,37-22-8-4-9-23-37)38-24-10-5-11-25-38/h1-38H;3-35H,1-2H3. The van der Waals surface area contributed by atoms with Crippen LogP contribution in [0.25, 0.3) is 161 Å². The van der Waals surface area contributed by atoms with Gasteiger partial charge in [0.2, 0.25) is 0 Å². The molecule has 0 atom stereocenters. The van der Waals surface area contributed by atoms with Crippen molar-refractivity contribution >= 4 is 127 Å². The molecule has 122 heavy (non-hydrogen) atoms. The van der Waals surface area contributed by atoms with Gasteiger partial charge in [-0.3, -0.25) is 0 Å². The normalized spacial score (nSPS) is 13.5. The molecule has 0 N–H and O–H groups in total. The third-order valence-electron chi connectivity index (χ3n) is 26.3. The van der Waals surface area contributed by atoms with Crippen LogP contribution in [-0.2, 0) is 5.41 Å². The second kappa shape index (κ2) is 28.3. The molecule has 5 aromatic heterocycles. The first-order valence-electron chi connectivity index (χ1n) is 42.1. The molecule has 9 heteroatoms. The Balaban J connectivity index is 0.000000138.